The number of nitrogens with zero attached hydrogens (tertiary/aromatic N) is 1. The molecule has 0 bridgehead atoms. The van der Waals surface area contributed by atoms with Crippen LogP contribution in [0, 0.1) is 0 Å². The van der Waals surface area contributed by atoms with Gasteiger partial charge in [-0.2, -0.15) is 0 Å². The van der Waals surface area contributed by atoms with E-state index in [1.807, 2.05) is 0 Å². The fraction of sp³-hybridized carbons (Fsp3) is 0.400. The number of carbonyl (C=O) groups excluding carboxylic acids is 1. The number of hydrogen-bond donors (Lipinski definition) is 0. The molecule has 39 valence electrons. The van der Waals surface area contributed by atoms with Crippen LogP contribution in [0.2, 0.25) is 0 Å². The Hall–Kier alpha value is -0.790. The first-order valence-electron chi connectivity index (χ1n) is 1.93. The highest BCUT2D eigenvalue weighted by Crippen LogP contribution is 1.84. The average Bonchev–Trinajstić information content (AvgIpc) is 1.65. The molecule has 0 rings (SSSR count). The summed E-state index contributed by atoms with van der Waals surface area (Å²) in [5.41, 5.74) is 0.375. The molecule has 0 heterocycles. The zero-order chi connectivity index (χ0) is 5.86. The summed E-state index contributed by atoms with van der Waals surface area (Å²) in [6.45, 7) is 3.38. The third-order valence-electron chi connectivity index (χ3n) is 0.658. The molecule has 0 saturated heterocycles. The SMILES string of the molecule is C=C([C]=O)N(C)C. The lowest BCUT2D eigenvalue weighted by Crippen LogP contribution is -2.09. The zero-order valence-electron chi connectivity index (χ0n) is 4.56. The van der Waals surface area contributed by atoms with E-state index in [2.05, 4.69) is 6.58 Å². The van der Waals surface area contributed by atoms with E-state index in [9.17, 15) is 4.79 Å². The van der Waals surface area contributed by atoms with Crippen LogP contribution in [0.25, 0.3) is 0 Å². The highest BCUT2D eigenvalue weighted by molar-refractivity contribution is 5.71. The molecule has 2 nitrogen and oxygen atoms in total. The lowest BCUT2D eigenvalue weighted by Gasteiger charge is -2.06. The molecule has 7 heavy (non-hydrogen) atoms. The standard InChI is InChI=1S/C5H8NO/c1-5(4-7)6(2)3/h1H2,2-3H3. The summed E-state index contributed by atoms with van der Waals surface area (Å²) in [5, 5.41) is 0. The summed E-state index contributed by atoms with van der Waals surface area (Å²) >= 11 is 0. The van der Waals surface area contributed by atoms with Gasteiger partial charge < -0.3 is 4.90 Å². The first kappa shape index (κ1) is 6.21. The maximum absolute atomic E-state index is 9.68. The molecule has 1 radical (unpaired) electrons. The Morgan fingerprint density at radius 3 is 2.14 bits per heavy atom. The van der Waals surface area contributed by atoms with Crippen molar-refractivity contribution in [3.63, 3.8) is 0 Å². The first-order chi connectivity index (χ1) is 3.18. The molecular weight excluding hydrogens is 90.1 g/mol. The zero-order valence-corrected chi connectivity index (χ0v) is 4.56. The molecule has 2 heteroatoms. The minimum absolute atomic E-state index is 0.375. The minimum atomic E-state index is 0.375. The molecule has 0 aromatic carbocycles. The van der Waals surface area contributed by atoms with Gasteiger partial charge in [0, 0.05) is 14.1 Å². The number of hydrogen-bond acceptors (Lipinski definition) is 2. The van der Waals surface area contributed by atoms with Crippen LogP contribution in [0.4, 0.5) is 0 Å². The third kappa shape index (κ3) is 1.98. The molecule has 0 atom stereocenters. The highest BCUT2D eigenvalue weighted by atomic mass is 16.1. The molecule has 0 saturated carbocycles. The van der Waals surface area contributed by atoms with E-state index >= 15 is 0 Å². The summed E-state index contributed by atoms with van der Waals surface area (Å²) in [4.78, 5) is 11.3. The lowest BCUT2D eigenvalue weighted by molar-refractivity contribution is 0.507. The molecule has 0 aliphatic rings. The van der Waals surface area contributed by atoms with Crippen LogP contribution in [-0.4, -0.2) is 25.3 Å². The molecule has 0 aromatic rings. The van der Waals surface area contributed by atoms with Gasteiger partial charge in [-0.3, -0.25) is 4.79 Å². The molecule has 0 aliphatic carbocycles. The van der Waals surface area contributed by atoms with Gasteiger partial charge in [0.25, 0.3) is 0 Å². The average molecular weight is 98.1 g/mol. The van der Waals surface area contributed by atoms with Crippen molar-refractivity contribution in [1.29, 1.82) is 0 Å². The molecule has 0 spiro atoms. The van der Waals surface area contributed by atoms with E-state index in [1.54, 1.807) is 25.3 Å². The molecule has 0 aromatic heterocycles. The Bertz CT molecular complexity index is 86.1. The summed E-state index contributed by atoms with van der Waals surface area (Å²) in [5.74, 6) is 0. The molecular formula is C5H8NO. The van der Waals surface area contributed by atoms with Crippen LogP contribution >= 0.6 is 0 Å². The van der Waals surface area contributed by atoms with Crippen molar-refractivity contribution in [1.82, 2.24) is 4.90 Å². The van der Waals surface area contributed by atoms with E-state index in [0.717, 1.165) is 0 Å². The quantitative estimate of drug-likeness (QED) is 0.459. The van der Waals surface area contributed by atoms with Crippen LogP contribution < -0.4 is 0 Å². The Balaban J connectivity index is 3.56. The monoisotopic (exact) mass is 98.1 g/mol. The molecule has 0 unspecified atom stereocenters. The van der Waals surface area contributed by atoms with E-state index in [-0.39, 0.29) is 0 Å². The topological polar surface area (TPSA) is 20.3 Å². The third-order valence-corrected chi connectivity index (χ3v) is 0.658. The number of allylic oxidation sites excluding steroid dienone is 1. The van der Waals surface area contributed by atoms with Crippen LogP contribution in [0.1, 0.15) is 0 Å². The molecule has 0 N–H and O–H groups in total. The van der Waals surface area contributed by atoms with Crippen LogP contribution in [-0.2, 0) is 4.79 Å². The molecule has 0 amide bonds. The number of rotatable bonds is 2. The van der Waals surface area contributed by atoms with Crippen LogP contribution in [0.3, 0.4) is 0 Å². The van der Waals surface area contributed by atoms with Crippen LogP contribution in [0.15, 0.2) is 12.3 Å². The van der Waals surface area contributed by atoms with Crippen molar-refractivity contribution in [2.45, 2.75) is 0 Å². The Kier molecular flexibility index (Phi) is 2.12. The predicted molar refractivity (Wildman–Crippen MR) is 28.5 cm³/mol. The van der Waals surface area contributed by atoms with Gasteiger partial charge >= 0.3 is 0 Å². The fourth-order valence-electron chi connectivity index (χ4n) is 0.0913. The Morgan fingerprint density at radius 1 is 1.71 bits per heavy atom. The van der Waals surface area contributed by atoms with Gasteiger partial charge in [-0.1, -0.05) is 6.58 Å². The highest BCUT2D eigenvalue weighted by Gasteiger charge is 1.89. The fourth-order valence-corrected chi connectivity index (χ4v) is 0.0913. The second kappa shape index (κ2) is 2.39. The lowest BCUT2D eigenvalue weighted by atomic mass is 10.5. The van der Waals surface area contributed by atoms with Gasteiger partial charge in [0.2, 0.25) is 6.29 Å². The van der Waals surface area contributed by atoms with E-state index < -0.39 is 0 Å². The summed E-state index contributed by atoms with van der Waals surface area (Å²) in [6, 6.07) is 0. The van der Waals surface area contributed by atoms with Gasteiger partial charge in [0.15, 0.2) is 0 Å². The maximum atomic E-state index is 9.68. The van der Waals surface area contributed by atoms with Crippen molar-refractivity contribution in [2.75, 3.05) is 14.1 Å². The summed E-state index contributed by atoms with van der Waals surface area (Å²) in [6.07, 6.45) is 1.65. The van der Waals surface area contributed by atoms with Gasteiger partial charge in [-0.15, -0.1) is 0 Å². The van der Waals surface area contributed by atoms with Crippen molar-refractivity contribution in [2.24, 2.45) is 0 Å². The second-order valence-electron chi connectivity index (χ2n) is 1.44. The second-order valence-corrected chi connectivity index (χ2v) is 1.44. The Labute approximate surface area is 43.4 Å². The van der Waals surface area contributed by atoms with Crippen molar-refractivity contribution in [3.05, 3.63) is 12.3 Å². The predicted octanol–water partition coefficient (Wildman–Crippen LogP) is 0.171. The van der Waals surface area contributed by atoms with E-state index in [4.69, 9.17) is 0 Å². The normalized spacial score (nSPS) is 7.71. The Morgan fingerprint density at radius 2 is 2.14 bits per heavy atom. The van der Waals surface area contributed by atoms with E-state index in [0.29, 0.717) is 5.70 Å². The first-order valence-corrected chi connectivity index (χ1v) is 1.93. The van der Waals surface area contributed by atoms with Gasteiger partial charge in [-0.05, 0) is 0 Å². The van der Waals surface area contributed by atoms with Gasteiger partial charge in [0.1, 0.15) is 0 Å². The van der Waals surface area contributed by atoms with Crippen molar-refractivity contribution in [3.8, 4) is 0 Å². The molecule has 0 aliphatic heterocycles. The van der Waals surface area contributed by atoms with Crippen LogP contribution in [0.5, 0.6) is 0 Å². The largest absolute Gasteiger partial charge is 0.375 e. The molecule has 0 fully saturated rings. The van der Waals surface area contributed by atoms with Gasteiger partial charge in [-0.25, -0.2) is 0 Å². The smallest absolute Gasteiger partial charge is 0.250 e. The minimum Gasteiger partial charge on any atom is -0.375 e. The van der Waals surface area contributed by atoms with E-state index in [1.165, 1.54) is 0 Å². The summed E-state index contributed by atoms with van der Waals surface area (Å²) in [7, 11) is 3.49. The van der Waals surface area contributed by atoms with Crippen molar-refractivity contribution >= 4 is 6.29 Å². The maximum Gasteiger partial charge on any atom is 0.250 e. The van der Waals surface area contributed by atoms with Crippen molar-refractivity contribution < 1.29 is 4.79 Å². The summed E-state index contributed by atoms with van der Waals surface area (Å²) < 4.78 is 0. The number of likely N-dealkylation sites (N-methyl/N-ethyl adjacent to an activating group) is 1. The van der Waals surface area contributed by atoms with Gasteiger partial charge in [0.05, 0.1) is 5.70 Å².